The van der Waals surface area contributed by atoms with Gasteiger partial charge in [-0.15, -0.1) is 0 Å². The van der Waals surface area contributed by atoms with Crippen LogP contribution in [0.3, 0.4) is 0 Å². The number of carbonyl (C=O) groups is 2. The third-order valence-electron chi connectivity index (χ3n) is 3.22. The van der Waals surface area contributed by atoms with Crippen LogP contribution in [0.25, 0.3) is 0 Å². The molecule has 0 aliphatic rings. The van der Waals surface area contributed by atoms with Crippen LogP contribution in [-0.2, 0) is 16.0 Å². The Morgan fingerprint density at radius 2 is 1.86 bits per heavy atom. The van der Waals surface area contributed by atoms with Gasteiger partial charge in [0.1, 0.15) is 11.8 Å². The average Bonchev–Trinajstić information content (AvgIpc) is 2.45. The normalized spacial score (nSPS) is 12.0. The number of carboxylic acid groups (broad SMARTS) is 1. The molecule has 22 heavy (non-hydrogen) atoms. The molecule has 0 saturated carbocycles. The predicted molar refractivity (Wildman–Crippen MR) is 85.0 cm³/mol. The summed E-state index contributed by atoms with van der Waals surface area (Å²) in [4.78, 5) is 23.0. The van der Waals surface area contributed by atoms with Crippen LogP contribution in [-0.4, -0.2) is 29.6 Å². The second-order valence-corrected chi connectivity index (χ2v) is 5.66. The summed E-state index contributed by atoms with van der Waals surface area (Å²) in [5.74, 6) is -0.198. The SMILES string of the molecule is CCOc1ccc(CCC(=O)N[C@@H](CC(C)C)C(=O)O)cc1. The summed E-state index contributed by atoms with van der Waals surface area (Å²) in [7, 11) is 0. The molecule has 1 amide bonds. The summed E-state index contributed by atoms with van der Waals surface area (Å²) in [6, 6.07) is 6.76. The molecule has 0 aromatic heterocycles. The van der Waals surface area contributed by atoms with Crippen LogP contribution in [0.4, 0.5) is 0 Å². The van der Waals surface area contributed by atoms with E-state index in [4.69, 9.17) is 9.84 Å². The number of carbonyl (C=O) groups excluding carboxylic acids is 1. The maximum absolute atomic E-state index is 11.9. The van der Waals surface area contributed by atoms with Crippen LogP contribution in [0.15, 0.2) is 24.3 Å². The van der Waals surface area contributed by atoms with Gasteiger partial charge in [-0.1, -0.05) is 26.0 Å². The van der Waals surface area contributed by atoms with E-state index in [1.807, 2.05) is 45.0 Å². The molecule has 0 fully saturated rings. The van der Waals surface area contributed by atoms with Gasteiger partial charge in [0, 0.05) is 6.42 Å². The van der Waals surface area contributed by atoms with Crippen LogP contribution < -0.4 is 10.1 Å². The standard InChI is InChI=1S/C17H25NO4/c1-4-22-14-8-5-13(6-9-14)7-10-16(19)18-15(17(20)21)11-12(2)3/h5-6,8-9,12,15H,4,7,10-11H2,1-3H3,(H,18,19)(H,20,21)/t15-/m0/s1. The number of aliphatic carboxylic acids is 1. The Morgan fingerprint density at radius 1 is 1.23 bits per heavy atom. The van der Waals surface area contributed by atoms with Crippen molar-refractivity contribution in [2.24, 2.45) is 5.92 Å². The Balaban J connectivity index is 2.45. The zero-order valence-corrected chi connectivity index (χ0v) is 13.5. The number of carboxylic acids is 1. The molecule has 0 unspecified atom stereocenters. The van der Waals surface area contributed by atoms with Gasteiger partial charge < -0.3 is 15.2 Å². The van der Waals surface area contributed by atoms with Crippen molar-refractivity contribution in [1.29, 1.82) is 0 Å². The van der Waals surface area contributed by atoms with Gasteiger partial charge >= 0.3 is 5.97 Å². The Morgan fingerprint density at radius 3 is 2.36 bits per heavy atom. The Kier molecular flexibility index (Phi) is 7.43. The molecule has 5 nitrogen and oxygen atoms in total. The van der Waals surface area contributed by atoms with E-state index < -0.39 is 12.0 Å². The first-order chi connectivity index (χ1) is 10.4. The zero-order valence-electron chi connectivity index (χ0n) is 13.5. The molecular weight excluding hydrogens is 282 g/mol. The number of benzene rings is 1. The van der Waals surface area contributed by atoms with E-state index in [0.717, 1.165) is 11.3 Å². The van der Waals surface area contributed by atoms with E-state index in [2.05, 4.69) is 5.32 Å². The van der Waals surface area contributed by atoms with Gasteiger partial charge in [-0.3, -0.25) is 4.79 Å². The minimum Gasteiger partial charge on any atom is -0.494 e. The van der Waals surface area contributed by atoms with Crippen molar-refractivity contribution in [2.75, 3.05) is 6.61 Å². The molecule has 0 bridgehead atoms. The summed E-state index contributed by atoms with van der Waals surface area (Å²) >= 11 is 0. The molecule has 0 spiro atoms. The molecular formula is C17H25NO4. The second-order valence-electron chi connectivity index (χ2n) is 5.66. The molecule has 2 N–H and O–H groups in total. The molecule has 1 rings (SSSR count). The fourth-order valence-corrected chi connectivity index (χ4v) is 2.14. The molecule has 0 heterocycles. The minimum atomic E-state index is -0.983. The molecule has 0 aliphatic heterocycles. The first kappa shape index (κ1) is 18.0. The summed E-state index contributed by atoms with van der Waals surface area (Å²) in [5.41, 5.74) is 1.02. The first-order valence-electron chi connectivity index (χ1n) is 7.66. The average molecular weight is 307 g/mol. The van der Waals surface area contributed by atoms with Crippen molar-refractivity contribution < 1.29 is 19.4 Å². The molecule has 1 aromatic rings. The molecule has 0 saturated heterocycles. The molecule has 1 aromatic carbocycles. The molecule has 0 aliphatic carbocycles. The maximum Gasteiger partial charge on any atom is 0.326 e. The van der Waals surface area contributed by atoms with Crippen molar-refractivity contribution in [1.82, 2.24) is 5.32 Å². The number of hydrogen-bond acceptors (Lipinski definition) is 3. The van der Waals surface area contributed by atoms with Crippen molar-refractivity contribution in [3.63, 3.8) is 0 Å². The van der Waals surface area contributed by atoms with E-state index in [9.17, 15) is 9.59 Å². The Bertz CT molecular complexity index is 482. The largest absolute Gasteiger partial charge is 0.494 e. The van der Waals surface area contributed by atoms with Gasteiger partial charge in [-0.05, 0) is 43.4 Å². The van der Waals surface area contributed by atoms with Gasteiger partial charge in [0.2, 0.25) is 5.91 Å². The summed E-state index contributed by atoms with van der Waals surface area (Å²) in [6.45, 7) is 6.41. The molecule has 5 heteroatoms. The van der Waals surface area contributed by atoms with Crippen LogP contribution in [0.5, 0.6) is 5.75 Å². The monoisotopic (exact) mass is 307 g/mol. The third-order valence-corrected chi connectivity index (χ3v) is 3.22. The van der Waals surface area contributed by atoms with Crippen molar-refractivity contribution in [2.45, 2.75) is 46.1 Å². The number of ether oxygens (including phenoxy) is 1. The smallest absolute Gasteiger partial charge is 0.326 e. The minimum absolute atomic E-state index is 0.215. The summed E-state index contributed by atoms with van der Waals surface area (Å²) in [6.07, 6.45) is 1.28. The van der Waals surface area contributed by atoms with Gasteiger partial charge in [-0.2, -0.15) is 0 Å². The topological polar surface area (TPSA) is 75.6 Å². The zero-order chi connectivity index (χ0) is 16.5. The van der Waals surface area contributed by atoms with E-state index in [0.29, 0.717) is 19.4 Å². The van der Waals surface area contributed by atoms with Crippen LogP contribution in [0.2, 0.25) is 0 Å². The molecule has 122 valence electrons. The van der Waals surface area contributed by atoms with Crippen molar-refractivity contribution in [3.05, 3.63) is 29.8 Å². The van der Waals surface area contributed by atoms with Crippen LogP contribution in [0.1, 0.15) is 39.2 Å². The van der Waals surface area contributed by atoms with Gasteiger partial charge in [0.25, 0.3) is 0 Å². The van der Waals surface area contributed by atoms with E-state index in [-0.39, 0.29) is 18.2 Å². The van der Waals surface area contributed by atoms with Crippen LogP contribution in [0, 0.1) is 5.92 Å². The lowest BCUT2D eigenvalue weighted by Crippen LogP contribution is -2.41. The number of rotatable bonds is 9. The lowest BCUT2D eigenvalue weighted by atomic mass is 10.0. The fourth-order valence-electron chi connectivity index (χ4n) is 2.14. The Hall–Kier alpha value is -2.04. The lowest BCUT2D eigenvalue weighted by molar-refractivity contribution is -0.142. The summed E-state index contributed by atoms with van der Waals surface area (Å²) in [5, 5.41) is 11.7. The van der Waals surface area contributed by atoms with Gasteiger partial charge in [0.15, 0.2) is 0 Å². The summed E-state index contributed by atoms with van der Waals surface area (Å²) < 4.78 is 5.36. The van der Waals surface area contributed by atoms with E-state index >= 15 is 0 Å². The number of nitrogens with one attached hydrogen (secondary N) is 1. The van der Waals surface area contributed by atoms with E-state index in [1.165, 1.54) is 0 Å². The highest BCUT2D eigenvalue weighted by Gasteiger charge is 2.20. The van der Waals surface area contributed by atoms with Crippen molar-refractivity contribution >= 4 is 11.9 Å². The van der Waals surface area contributed by atoms with Crippen molar-refractivity contribution in [3.8, 4) is 5.75 Å². The van der Waals surface area contributed by atoms with Crippen LogP contribution >= 0.6 is 0 Å². The second kappa shape index (κ2) is 9.07. The number of hydrogen-bond donors (Lipinski definition) is 2. The van der Waals surface area contributed by atoms with Gasteiger partial charge in [0.05, 0.1) is 6.61 Å². The highest BCUT2D eigenvalue weighted by molar-refractivity contribution is 5.83. The number of amides is 1. The third kappa shape index (κ3) is 6.61. The van der Waals surface area contributed by atoms with E-state index in [1.54, 1.807) is 0 Å². The van der Waals surface area contributed by atoms with Gasteiger partial charge in [-0.25, -0.2) is 4.79 Å². The maximum atomic E-state index is 11.9. The Labute approximate surface area is 131 Å². The lowest BCUT2D eigenvalue weighted by Gasteiger charge is -2.16. The molecule has 0 radical (unpaired) electrons. The fraction of sp³-hybridized carbons (Fsp3) is 0.529. The number of aryl methyl sites for hydroxylation is 1. The highest BCUT2D eigenvalue weighted by atomic mass is 16.5. The quantitative estimate of drug-likeness (QED) is 0.735. The first-order valence-corrected chi connectivity index (χ1v) is 7.66. The molecule has 1 atom stereocenters. The highest BCUT2D eigenvalue weighted by Crippen LogP contribution is 2.13. The predicted octanol–water partition coefficient (Wildman–Crippen LogP) is 2.63.